The Labute approximate surface area is 183 Å². The first-order valence-electron chi connectivity index (χ1n) is 10.2. The monoisotopic (exact) mass is 417 g/mol. The minimum absolute atomic E-state index is 0. The predicted molar refractivity (Wildman–Crippen MR) is 123 cm³/mol. The van der Waals surface area contributed by atoms with E-state index in [0.717, 1.165) is 52.1 Å². The van der Waals surface area contributed by atoms with Crippen LogP contribution in [-0.4, -0.2) is 24.1 Å². The van der Waals surface area contributed by atoms with Crippen molar-refractivity contribution in [1.82, 2.24) is 0 Å². The molecule has 1 aliphatic rings. The van der Waals surface area contributed by atoms with E-state index in [1.807, 2.05) is 62.4 Å². The zero-order chi connectivity index (χ0) is 22.2. The van der Waals surface area contributed by atoms with E-state index in [9.17, 15) is 14.7 Å². The second-order valence-electron chi connectivity index (χ2n) is 8.13. The van der Waals surface area contributed by atoms with Crippen LogP contribution in [0.3, 0.4) is 0 Å². The number of carboxylic acid groups (broad SMARTS) is 1. The van der Waals surface area contributed by atoms with Crippen molar-refractivity contribution in [2.24, 2.45) is 0 Å². The summed E-state index contributed by atoms with van der Waals surface area (Å²) in [6.45, 7) is 3.90. The second-order valence-corrected chi connectivity index (χ2v) is 8.13. The number of aryl methyl sites for hydroxylation is 2. The molecule has 0 heterocycles. The number of amides is 1. The first-order valence-corrected chi connectivity index (χ1v) is 10.2. The molecule has 3 aromatic carbocycles. The summed E-state index contributed by atoms with van der Waals surface area (Å²) < 4.78 is 5.22. The summed E-state index contributed by atoms with van der Waals surface area (Å²) in [7, 11) is 1.63. The topological polar surface area (TPSA) is 75.6 Å². The Kier molecular flexibility index (Phi) is 5.27. The average Bonchev–Trinajstić information content (AvgIpc) is 3.57. The summed E-state index contributed by atoms with van der Waals surface area (Å²) in [5.41, 5.74) is 5.36. The van der Waals surface area contributed by atoms with E-state index in [4.69, 9.17) is 4.74 Å². The molecule has 5 nitrogen and oxygen atoms in total. The summed E-state index contributed by atoms with van der Waals surface area (Å²) in [6, 6.07) is 18.6. The summed E-state index contributed by atoms with van der Waals surface area (Å²) >= 11 is 0. The molecule has 0 aliphatic heterocycles. The molecule has 1 amide bonds. The largest absolute Gasteiger partial charge is 0.497 e. The highest BCUT2D eigenvalue weighted by Gasteiger charge is 2.51. The van der Waals surface area contributed by atoms with Gasteiger partial charge in [-0.3, -0.25) is 4.79 Å². The molecule has 1 fully saturated rings. The van der Waals surface area contributed by atoms with Gasteiger partial charge in [-0.1, -0.05) is 24.3 Å². The van der Waals surface area contributed by atoms with E-state index < -0.39 is 11.4 Å². The number of ether oxygens (including phenoxy) is 1. The quantitative estimate of drug-likeness (QED) is 0.548. The van der Waals surface area contributed by atoms with Crippen LogP contribution < -0.4 is 10.1 Å². The third-order valence-corrected chi connectivity index (χ3v) is 6.09. The van der Waals surface area contributed by atoms with Crippen LogP contribution in [0, 0.1) is 13.8 Å². The standard InChI is InChI=1S/C26H25NO4.H2/c1-16-4-8-20(15-23(16)22-11-5-18(24(28)29)14-17(22)2)27-25(30)26(12-13-26)19-6-9-21(31-3)10-7-19;/h4-11,14-15H,12-13H2,1-3H3,(H,27,30)(H,28,29);1H. The Hall–Kier alpha value is -3.60. The van der Waals surface area contributed by atoms with E-state index in [1.54, 1.807) is 19.2 Å². The van der Waals surface area contributed by atoms with Crippen molar-refractivity contribution in [3.05, 3.63) is 82.9 Å². The van der Waals surface area contributed by atoms with Crippen LogP contribution >= 0.6 is 0 Å². The van der Waals surface area contributed by atoms with Gasteiger partial charge in [-0.2, -0.15) is 0 Å². The molecule has 0 radical (unpaired) electrons. The molecule has 2 N–H and O–H groups in total. The van der Waals surface area contributed by atoms with Crippen molar-refractivity contribution >= 4 is 17.6 Å². The van der Waals surface area contributed by atoms with Crippen LogP contribution in [-0.2, 0) is 10.2 Å². The number of hydrogen-bond acceptors (Lipinski definition) is 3. The third kappa shape index (κ3) is 3.91. The number of aromatic carboxylic acids is 1. The van der Waals surface area contributed by atoms with Gasteiger partial charge in [0.1, 0.15) is 5.75 Å². The van der Waals surface area contributed by atoms with Crippen LogP contribution in [0.2, 0.25) is 0 Å². The van der Waals surface area contributed by atoms with E-state index in [-0.39, 0.29) is 12.9 Å². The van der Waals surface area contributed by atoms with Crippen LogP contribution in [0.4, 0.5) is 5.69 Å². The lowest BCUT2D eigenvalue weighted by molar-refractivity contribution is -0.118. The number of rotatable bonds is 6. The number of methoxy groups -OCH3 is 1. The fourth-order valence-electron chi connectivity index (χ4n) is 4.02. The van der Waals surface area contributed by atoms with Crippen molar-refractivity contribution in [3.8, 4) is 16.9 Å². The molecule has 0 saturated heterocycles. The van der Waals surface area contributed by atoms with Crippen LogP contribution in [0.15, 0.2) is 60.7 Å². The maximum atomic E-state index is 13.2. The summed E-state index contributed by atoms with van der Waals surface area (Å²) in [5, 5.41) is 12.3. The lowest BCUT2D eigenvalue weighted by atomic mass is 9.93. The zero-order valence-corrected chi connectivity index (χ0v) is 17.9. The number of carbonyl (C=O) groups is 2. The lowest BCUT2D eigenvalue weighted by Crippen LogP contribution is -2.27. The summed E-state index contributed by atoms with van der Waals surface area (Å²) in [6.07, 6.45) is 1.64. The fourth-order valence-corrected chi connectivity index (χ4v) is 4.02. The van der Waals surface area contributed by atoms with Crippen LogP contribution in [0.5, 0.6) is 5.75 Å². The van der Waals surface area contributed by atoms with Crippen molar-refractivity contribution in [3.63, 3.8) is 0 Å². The number of anilines is 1. The number of carbonyl (C=O) groups excluding carboxylic acids is 1. The van der Waals surface area contributed by atoms with Crippen molar-refractivity contribution in [1.29, 1.82) is 0 Å². The fraction of sp³-hybridized carbons (Fsp3) is 0.231. The maximum Gasteiger partial charge on any atom is 0.335 e. The Bertz CT molecular complexity index is 1170. The Morgan fingerprint density at radius 3 is 2.23 bits per heavy atom. The molecule has 5 heteroatoms. The molecule has 1 saturated carbocycles. The van der Waals surface area contributed by atoms with E-state index in [2.05, 4.69) is 5.32 Å². The molecular weight excluding hydrogens is 390 g/mol. The van der Waals surface area contributed by atoms with E-state index >= 15 is 0 Å². The molecular formula is C26H27NO4. The van der Waals surface area contributed by atoms with Gasteiger partial charge in [-0.25, -0.2) is 4.79 Å². The Balaban J connectivity index is 0.00000289. The molecule has 4 rings (SSSR count). The molecule has 1 aliphatic carbocycles. The number of nitrogens with one attached hydrogen (secondary N) is 1. The molecule has 31 heavy (non-hydrogen) atoms. The van der Waals surface area contributed by atoms with E-state index in [1.165, 1.54) is 0 Å². The number of benzene rings is 3. The van der Waals surface area contributed by atoms with Crippen molar-refractivity contribution < 1.29 is 20.9 Å². The molecule has 160 valence electrons. The molecule has 0 atom stereocenters. The number of hydrogen-bond donors (Lipinski definition) is 2. The average molecular weight is 418 g/mol. The van der Waals surface area contributed by atoms with Gasteiger partial charge in [0.05, 0.1) is 18.1 Å². The van der Waals surface area contributed by atoms with Crippen LogP contribution in [0.1, 0.15) is 41.3 Å². The van der Waals surface area contributed by atoms with Crippen LogP contribution in [0.25, 0.3) is 11.1 Å². The van der Waals surface area contributed by atoms with Gasteiger partial charge >= 0.3 is 5.97 Å². The predicted octanol–water partition coefficient (Wildman–Crippen LogP) is 5.59. The van der Waals surface area contributed by atoms with Crippen molar-refractivity contribution in [2.75, 3.05) is 12.4 Å². The Morgan fingerprint density at radius 1 is 0.935 bits per heavy atom. The normalized spacial score (nSPS) is 14.0. The minimum atomic E-state index is -0.944. The third-order valence-electron chi connectivity index (χ3n) is 6.09. The summed E-state index contributed by atoms with van der Waals surface area (Å²) in [5.74, 6) is -0.182. The van der Waals surface area contributed by atoms with Crippen molar-refractivity contribution in [2.45, 2.75) is 32.1 Å². The van der Waals surface area contributed by atoms with Gasteiger partial charge in [0, 0.05) is 7.11 Å². The van der Waals surface area contributed by atoms with Gasteiger partial charge in [0.2, 0.25) is 5.91 Å². The Morgan fingerprint density at radius 2 is 1.65 bits per heavy atom. The van der Waals surface area contributed by atoms with Gasteiger partial charge in [-0.05, 0) is 90.9 Å². The maximum absolute atomic E-state index is 13.2. The lowest BCUT2D eigenvalue weighted by Gasteiger charge is -2.18. The molecule has 0 spiro atoms. The SMILES string of the molecule is COc1ccc(C2(C(=O)Nc3ccc(C)c(-c4ccc(C(=O)O)cc4C)c3)CC2)cc1.[HH]. The van der Waals surface area contributed by atoms with E-state index in [0.29, 0.717) is 0 Å². The first kappa shape index (κ1) is 20.7. The molecule has 0 unspecified atom stereocenters. The highest BCUT2D eigenvalue weighted by Crippen LogP contribution is 2.49. The highest BCUT2D eigenvalue weighted by atomic mass is 16.5. The molecule has 3 aromatic rings. The second kappa shape index (κ2) is 7.91. The van der Waals surface area contributed by atoms with Gasteiger partial charge in [0.25, 0.3) is 0 Å². The first-order chi connectivity index (χ1) is 14.8. The minimum Gasteiger partial charge on any atom is -0.497 e. The zero-order valence-electron chi connectivity index (χ0n) is 17.9. The van der Waals surface area contributed by atoms with Gasteiger partial charge in [0.15, 0.2) is 0 Å². The van der Waals surface area contributed by atoms with Gasteiger partial charge in [-0.15, -0.1) is 0 Å². The highest BCUT2D eigenvalue weighted by molar-refractivity contribution is 6.02. The molecule has 0 aromatic heterocycles. The van der Waals surface area contributed by atoms with Gasteiger partial charge < -0.3 is 15.2 Å². The number of carboxylic acids is 1. The smallest absolute Gasteiger partial charge is 0.335 e. The molecule has 0 bridgehead atoms. The summed E-state index contributed by atoms with van der Waals surface area (Å²) in [4.78, 5) is 24.4.